The van der Waals surface area contributed by atoms with Gasteiger partial charge in [-0.15, -0.1) is 0 Å². The molecule has 0 spiro atoms. The highest BCUT2D eigenvalue weighted by molar-refractivity contribution is 7.89. The molecule has 178 valence electrons. The van der Waals surface area contributed by atoms with E-state index in [0.29, 0.717) is 37.0 Å². The van der Waals surface area contributed by atoms with E-state index < -0.39 is 10.0 Å². The molecule has 3 aromatic carbocycles. The SMILES string of the molecule is O=C(COc1ccc(S(=O)(=O)NCc2ccccc2)cc1)N1CCN(c2cccc(Cl)c2)CC1. The van der Waals surface area contributed by atoms with Gasteiger partial charge in [0.15, 0.2) is 6.61 Å². The lowest BCUT2D eigenvalue weighted by Gasteiger charge is -2.36. The molecule has 34 heavy (non-hydrogen) atoms. The van der Waals surface area contributed by atoms with Gasteiger partial charge < -0.3 is 14.5 Å². The molecule has 1 amide bonds. The fourth-order valence-corrected chi connectivity index (χ4v) is 4.90. The zero-order chi connectivity index (χ0) is 24.0. The van der Waals surface area contributed by atoms with Crippen molar-refractivity contribution in [1.82, 2.24) is 9.62 Å². The molecule has 1 aliphatic heterocycles. The van der Waals surface area contributed by atoms with E-state index in [-0.39, 0.29) is 24.0 Å². The summed E-state index contributed by atoms with van der Waals surface area (Å²) in [5, 5.41) is 0.690. The van der Waals surface area contributed by atoms with E-state index in [1.807, 2.05) is 54.6 Å². The summed E-state index contributed by atoms with van der Waals surface area (Å²) in [4.78, 5) is 16.7. The van der Waals surface area contributed by atoms with Gasteiger partial charge in [0.2, 0.25) is 10.0 Å². The van der Waals surface area contributed by atoms with Crippen LogP contribution >= 0.6 is 11.6 Å². The molecule has 1 fully saturated rings. The number of hydrogen-bond acceptors (Lipinski definition) is 5. The Labute approximate surface area is 205 Å². The maximum Gasteiger partial charge on any atom is 0.260 e. The largest absolute Gasteiger partial charge is 0.484 e. The maximum absolute atomic E-state index is 12.6. The van der Waals surface area contributed by atoms with Crippen LogP contribution in [0.5, 0.6) is 5.75 Å². The molecular weight excluding hydrogens is 474 g/mol. The quantitative estimate of drug-likeness (QED) is 0.513. The van der Waals surface area contributed by atoms with Crippen LogP contribution in [-0.2, 0) is 21.4 Å². The van der Waals surface area contributed by atoms with Gasteiger partial charge >= 0.3 is 0 Å². The zero-order valence-electron chi connectivity index (χ0n) is 18.6. The molecular formula is C25H26ClN3O4S. The number of piperazine rings is 1. The summed E-state index contributed by atoms with van der Waals surface area (Å²) in [5.41, 5.74) is 1.92. The van der Waals surface area contributed by atoms with Crippen LogP contribution in [0.2, 0.25) is 5.02 Å². The number of nitrogens with zero attached hydrogens (tertiary/aromatic N) is 2. The second-order valence-electron chi connectivity index (χ2n) is 7.92. The Morgan fingerprint density at radius 1 is 0.912 bits per heavy atom. The summed E-state index contributed by atoms with van der Waals surface area (Å²) < 4.78 is 33.2. The van der Waals surface area contributed by atoms with Crippen molar-refractivity contribution in [1.29, 1.82) is 0 Å². The van der Waals surface area contributed by atoms with Crippen molar-refractivity contribution in [3.63, 3.8) is 0 Å². The molecule has 7 nitrogen and oxygen atoms in total. The highest BCUT2D eigenvalue weighted by Gasteiger charge is 2.22. The maximum atomic E-state index is 12.6. The first-order valence-electron chi connectivity index (χ1n) is 11.0. The zero-order valence-corrected chi connectivity index (χ0v) is 20.1. The highest BCUT2D eigenvalue weighted by atomic mass is 35.5. The van der Waals surface area contributed by atoms with Crippen LogP contribution < -0.4 is 14.4 Å². The number of hydrogen-bond donors (Lipinski definition) is 1. The molecule has 0 unspecified atom stereocenters. The number of nitrogens with one attached hydrogen (secondary N) is 1. The van der Waals surface area contributed by atoms with Crippen molar-refractivity contribution >= 4 is 33.2 Å². The number of carbonyl (C=O) groups excluding carboxylic acids is 1. The van der Waals surface area contributed by atoms with Gasteiger partial charge in [-0.1, -0.05) is 48.0 Å². The summed E-state index contributed by atoms with van der Waals surface area (Å²) in [6, 6.07) is 23.0. The first-order valence-corrected chi connectivity index (χ1v) is 12.8. The Hall–Kier alpha value is -3.07. The van der Waals surface area contributed by atoms with E-state index in [1.165, 1.54) is 12.1 Å². The van der Waals surface area contributed by atoms with Crippen LogP contribution in [0.25, 0.3) is 0 Å². The molecule has 1 saturated heterocycles. The van der Waals surface area contributed by atoms with E-state index in [4.69, 9.17) is 16.3 Å². The molecule has 3 aromatic rings. The average molecular weight is 500 g/mol. The summed E-state index contributed by atoms with van der Waals surface area (Å²) in [6.45, 7) is 2.73. The Kier molecular flexibility index (Phi) is 7.72. The average Bonchev–Trinajstić information content (AvgIpc) is 2.87. The molecule has 9 heteroatoms. The van der Waals surface area contributed by atoms with Gasteiger partial charge in [-0.05, 0) is 48.0 Å². The normalized spacial score (nSPS) is 14.1. The molecule has 0 aromatic heterocycles. The second-order valence-corrected chi connectivity index (χ2v) is 10.1. The van der Waals surface area contributed by atoms with Crippen LogP contribution in [0.3, 0.4) is 0 Å². The van der Waals surface area contributed by atoms with Crippen molar-refractivity contribution in [2.45, 2.75) is 11.4 Å². The predicted octanol–water partition coefficient (Wildman–Crippen LogP) is 3.55. The topological polar surface area (TPSA) is 78.9 Å². The molecule has 0 saturated carbocycles. The van der Waals surface area contributed by atoms with Crippen molar-refractivity contribution in [2.75, 3.05) is 37.7 Å². The number of halogens is 1. The van der Waals surface area contributed by atoms with Gasteiger partial charge in [-0.25, -0.2) is 13.1 Å². The number of ether oxygens (including phenoxy) is 1. The van der Waals surface area contributed by atoms with E-state index >= 15 is 0 Å². The third-order valence-electron chi connectivity index (χ3n) is 5.61. The lowest BCUT2D eigenvalue weighted by Crippen LogP contribution is -2.50. The lowest BCUT2D eigenvalue weighted by atomic mass is 10.2. The molecule has 0 atom stereocenters. The number of rotatable bonds is 8. The molecule has 0 aliphatic carbocycles. The number of anilines is 1. The van der Waals surface area contributed by atoms with Crippen LogP contribution in [0, 0.1) is 0 Å². The minimum Gasteiger partial charge on any atom is -0.484 e. The van der Waals surface area contributed by atoms with E-state index in [9.17, 15) is 13.2 Å². The van der Waals surface area contributed by atoms with E-state index in [2.05, 4.69) is 9.62 Å². The smallest absolute Gasteiger partial charge is 0.260 e. The van der Waals surface area contributed by atoms with Gasteiger partial charge in [0.25, 0.3) is 5.91 Å². The molecule has 0 radical (unpaired) electrons. The van der Waals surface area contributed by atoms with Crippen molar-refractivity contribution in [3.8, 4) is 5.75 Å². The lowest BCUT2D eigenvalue weighted by molar-refractivity contribution is -0.133. The third kappa shape index (κ3) is 6.28. The monoisotopic (exact) mass is 499 g/mol. The number of carbonyl (C=O) groups is 1. The van der Waals surface area contributed by atoms with Crippen molar-refractivity contribution < 1.29 is 17.9 Å². The Bertz CT molecular complexity index is 1210. The van der Waals surface area contributed by atoms with Crippen molar-refractivity contribution in [3.05, 3.63) is 89.4 Å². The minimum absolute atomic E-state index is 0.102. The number of sulfonamides is 1. The van der Waals surface area contributed by atoms with Gasteiger partial charge in [0.05, 0.1) is 4.90 Å². The summed E-state index contributed by atoms with van der Waals surface area (Å²) in [6.07, 6.45) is 0. The van der Waals surface area contributed by atoms with Crippen LogP contribution in [0.1, 0.15) is 5.56 Å². The van der Waals surface area contributed by atoms with E-state index in [0.717, 1.165) is 11.3 Å². The summed E-state index contributed by atoms with van der Waals surface area (Å²) in [7, 11) is -3.65. The summed E-state index contributed by atoms with van der Waals surface area (Å²) in [5.74, 6) is 0.333. The molecule has 1 N–H and O–H groups in total. The fourth-order valence-electron chi connectivity index (χ4n) is 3.70. The fraction of sp³-hybridized carbons (Fsp3) is 0.240. The molecule has 1 heterocycles. The molecule has 4 rings (SSSR count). The predicted molar refractivity (Wildman–Crippen MR) is 133 cm³/mol. The van der Waals surface area contributed by atoms with Crippen molar-refractivity contribution in [2.24, 2.45) is 0 Å². The van der Waals surface area contributed by atoms with Gasteiger partial charge in [0, 0.05) is 43.4 Å². The minimum atomic E-state index is -3.65. The highest BCUT2D eigenvalue weighted by Crippen LogP contribution is 2.21. The Morgan fingerprint density at radius 2 is 1.62 bits per heavy atom. The Balaban J connectivity index is 1.25. The van der Waals surface area contributed by atoms with Gasteiger partial charge in [-0.3, -0.25) is 4.79 Å². The Morgan fingerprint density at radius 3 is 2.29 bits per heavy atom. The standard InChI is InChI=1S/C25H26ClN3O4S/c26-21-7-4-8-22(17-21)28-13-15-29(16-14-28)25(30)19-33-23-9-11-24(12-10-23)34(31,32)27-18-20-5-2-1-3-6-20/h1-12,17,27H,13-16,18-19H2. The van der Waals surface area contributed by atoms with Gasteiger partial charge in [-0.2, -0.15) is 0 Å². The number of benzene rings is 3. The molecule has 1 aliphatic rings. The summed E-state index contributed by atoms with van der Waals surface area (Å²) >= 11 is 6.07. The molecule has 0 bridgehead atoms. The van der Waals surface area contributed by atoms with Crippen LogP contribution in [0.15, 0.2) is 83.8 Å². The second kappa shape index (κ2) is 10.9. The first-order chi connectivity index (χ1) is 16.4. The van der Waals surface area contributed by atoms with E-state index in [1.54, 1.807) is 17.0 Å². The van der Waals surface area contributed by atoms with Crippen LogP contribution in [-0.4, -0.2) is 52.0 Å². The van der Waals surface area contributed by atoms with Gasteiger partial charge in [0.1, 0.15) is 5.75 Å². The number of amides is 1. The first kappa shape index (κ1) is 24.1. The van der Waals surface area contributed by atoms with Crippen LogP contribution in [0.4, 0.5) is 5.69 Å². The third-order valence-corrected chi connectivity index (χ3v) is 7.26.